The van der Waals surface area contributed by atoms with Gasteiger partial charge in [-0.3, -0.25) is 0 Å². The molecule has 3 aromatic rings. The third-order valence-electron chi connectivity index (χ3n) is 3.29. The minimum absolute atomic E-state index is 0.146. The van der Waals surface area contributed by atoms with Crippen molar-refractivity contribution in [3.8, 4) is 17.0 Å². The fraction of sp³-hybridized carbons (Fsp3) is 0.0588. The van der Waals surface area contributed by atoms with Gasteiger partial charge in [-0.1, -0.05) is 17.7 Å². The van der Waals surface area contributed by atoms with Crippen LogP contribution in [0.5, 0.6) is 5.75 Å². The Morgan fingerprint density at radius 1 is 1.00 bits per heavy atom. The van der Waals surface area contributed by atoms with E-state index in [4.69, 9.17) is 5.73 Å². The van der Waals surface area contributed by atoms with Gasteiger partial charge in [-0.15, -0.1) is 0 Å². The lowest BCUT2D eigenvalue weighted by Gasteiger charge is -2.10. The zero-order valence-electron chi connectivity index (χ0n) is 12.1. The lowest BCUT2D eigenvalue weighted by molar-refractivity contribution is 0.477. The molecule has 0 amide bonds. The van der Waals surface area contributed by atoms with E-state index in [2.05, 4.69) is 15.3 Å². The quantitative estimate of drug-likeness (QED) is 0.644. The Bertz CT molecular complexity index is 800. The van der Waals surface area contributed by atoms with Crippen molar-refractivity contribution < 1.29 is 5.11 Å². The molecule has 0 atom stereocenters. The van der Waals surface area contributed by atoms with Crippen LogP contribution in [-0.2, 0) is 0 Å². The van der Waals surface area contributed by atoms with Crippen molar-refractivity contribution in [1.29, 1.82) is 0 Å². The Balaban J connectivity index is 1.94. The van der Waals surface area contributed by atoms with Crippen LogP contribution in [0.15, 0.2) is 54.7 Å². The van der Waals surface area contributed by atoms with Gasteiger partial charge in [0.05, 0.1) is 5.69 Å². The van der Waals surface area contributed by atoms with Crippen LogP contribution < -0.4 is 11.1 Å². The van der Waals surface area contributed by atoms with Crippen LogP contribution in [0.25, 0.3) is 11.3 Å². The SMILES string of the molecule is Cc1ccc(Nc2ccc(O)c(-c3ccnc(N)n3)c2)cc1. The molecule has 0 fully saturated rings. The van der Waals surface area contributed by atoms with Gasteiger partial charge in [-0.2, -0.15) is 0 Å². The van der Waals surface area contributed by atoms with Crippen molar-refractivity contribution in [2.45, 2.75) is 6.92 Å². The number of nitrogens with one attached hydrogen (secondary N) is 1. The lowest BCUT2D eigenvalue weighted by Crippen LogP contribution is -1.96. The Kier molecular flexibility index (Phi) is 3.62. The first-order valence-electron chi connectivity index (χ1n) is 6.87. The van der Waals surface area contributed by atoms with Gasteiger partial charge in [0.1, 0.15) is 5.75 Å². The van der Waals surface area contributed by atoms with E-state index in [-0.39, 0.29) is 11.7 Å². The molecule has 110 valence electrons. The molecular weight excluding hydrogens is 276 g/mol. The highest BCUT2D eigenvalue weighted by Crippen LogP contribution is 2.31. The Labute approximate surface area is 128 Å². The van der Waals surface area contributed by atoms with Crippen molar-refractivity contribution in [2.75, 3.05) is 11.1 Å². The molecule has 22 heavy (non-hydrogen) atoms. The number of nitrogen functional groups attached to an aromatic ring is 1. The molecule has 1 heterocycles. The summed E-state index contributed by atoms with van der Waals surface area (Å²) in [4.78, 5) is 8.01. The summed E-state index contributed by atoms with van der Waals surface area (Å²) in [6, 6.07) is 15.1. The molecule has 0 aliphatic heterocycles. The van der Waals surface area contributed by atoms with Gasteiger partial charge < -0.3 is 16.2 Å². The van der Waals surface area contributed by atoms with E-state index < -0.39 is 0 Å². The van der Waals surface area contributed by atoms with Gasteiger partial charge in [0.15, 0.2) is 0 Å². The molecule has 3 rings (SSSR count). The largest absolute Gasteiger partial charge is 0.507 e. The molecule has 0 radical (unpaired) electrons. The number of nitrogens with two attached hydrogens (primary N) is 1. The first kappa shape index (κ1) is 13.9. The first-order chi connectivity index (χ1) is 10.6. The maximum absolute atomic E-state index is 10.1. The molecule has 1 aromatic heterocycles. The molecule has 0 aliphatic rings. The van der Waals surface area contributed by atoms with Crippen molar-refractivity contribution in [3.63, 3.8) is 0 Å². The third kappa shape index (κ3) is 2.98. The summed E-state index contributed by atoms with van der Waals surface area (Å²) in [6.07, 6.45) is 1.57. The molecule has 0 saturated heterocycles. The zero-order valence-corrected chi connectivity index (χ0v) is 12.1. The van der Waals surface area contributed by atoms with Crippen LogP contribution in [0.4, 0.5) is 17.3 Å². The fourth-order valence-corrected chi connectivity index (χ4v) is 2.15. The number of phenols is 1. The van der Waals surface area contributed by atoms with Crippen LogP contribution in [0.3, 0.4) is 0 Å². The zero-order chi connectivity index (χ0) is 15.5. The van der Waals surface area contributed by atoms with Crippen molar-refractivity contribution in [3.05, 3.63) is 60.3 Å². The summed E-state index contributed by atoms with van der Waals surface area (Å²) in [6.45, 7) is 2.04. The number of aromatic nitrogens is 2. The number of phenolic OH excluding ortho intramolecular Hbond substituents is 1. The number of benzene rings is 2. The van der Waals surface area contributed by atoms with Gasteiger partial charge in [0.2, 0.25) is 5.95 Å². The Morgan fingerprint density at radius 3 is 2.45 bits per heavy atom. The summed E-state index contributed by atoms with van der Waals surface area (Å²) < 4.78 is 0. The minimum atomic E-state index is 0.146. The highest BCUT2D eigenvalue weighted by molar-refractivity contribution is 5.74. The molecule has 5 nitrogen and oxygen atoms in total. The van der Waals surface area contributed by atoms with E-state index in [1.54, 1.807) is 18.3 Å². The van der Waals surface area contributed by atoms with E-state index in [0.717, 1.165) is 11.4 Å². The maximum Gasteiger partial charge on any atom is 0.220 e. The van der Waals surface area contributed by atoms with Crippen LogP contribution >= 0.6 is 0 Å². The normalized spacial score (nSPS) is 10.4. The highest BCUT2D eigenvalue weighted by Gasteiger charge is 2.08. The van der Waals surface area contributed by atoms with E-state index in [1.807, 2.05) is 43.3 Å². The molecular formula is C17H16N4O. The van der Waals surface area contributed by atoms with E-state index >= 15 is 0 Å². The average molecular weight is 292 g/mol. The predicted octanol–water partition coefficient (Wildman–Crippen LogP) is 3.48. The maximum atomic E-state index is 10.1. The van der Waals surface area contributed by atoms with E-state index in [1.165, 1.54) is 5.56 Å². The van der Waals surface area contributed by atoms with E-state index in [9.17, 15) is 5.11 Å². The second-order valence-corrected chi connectivity index (χ2v) is 5.02. The summed E-state index contributed by atoms with van der Waals surface area (Å²) in [7, 11) is 0. The number of anilines is 3. The summed E-state index contributed by atoms with van der Waals surface area (Å²) in [5.74, 6) is 0.321. The number of aromatic hydroxyl groups is 1. The number of nitrogens with zero attached hydrogens (tertiary/aromatic N) is 2. The third-order valence-corrected chi connectivity index (χ3v) is 3.29. The molecule has 0 aliphatic carbocycles. The highest BCUT2D eigenvalue weighted by atomic mass is 16.3. The monoisotopic (exact) mass is 292 g/mol. The molecule has 0 spiro atoms. The molecule has 0 unspecified atom stereocenters. The number of aryl methyl sites for hydroxylation is 1. The molecule has 5 heteroatoms. The predicted molar refractivity (Wildman–Crippen MR) is 88.0 cm³/mol. The molecule has 0 bridgehead atoms. The van der Waals surface area contributed by atoms with Crippen molar-refractivity contribution in [2.24, 2.45) is 0 Å². The fourth-order valence-electron chi connectivity index (χ4n) is 2.15. The number of hydrogen-bond acceptors (Lipinski definition) is 5. The molecule has 0 saturated carbocycles. The second-order valence-electron chi connectivity index (χ2n) is 5.02. The van der Waals surface area contributed by atoms with Gasteiger partial charge in [-0.05, 0) is 43.3 Å². The number of rotatable bonds is 3. The standard InChI is InChI=1S/C17H16N4O/c1-11-2-4-12(5-3-11)20-13-6-7-16(22)14(10-13)15-8-9-19-17(18)21-15/h2-10,20,22H,1H3,(H2,18,19,21). The first-order valence-corrected chi connectivity index (χ1v) is 6.87. The average Bonchev–Trinajstić information content (AvgIpc) is 2.51. The molecule has 4 N–H and O–H groups in total. The smallest absolute Gasteiger partial charge is 0.220 e. The van der Waals surface area contributed by atoms with Gasteiger partial charge in [-0.25, -0.2) is 9.97 Å². The van der Waals surface area contributed by atoms with E-state index in [0.29, 0.717) is 11.3 Å². The van der Waals surface area contributed by atoms with Crippen LogP contribution in [0.2, 0.25) is 0 Å². The molecule has 2 aromatic carbocycles. The Morgan fingerprint density at radius 2 is 1.73 bits per heavy atom. The van der Waals surface area contributed by atoms with Gasteiger partial charge in [0, 0.05) is 23.1 Å². The lowest BCUT2D eigenvalue weighted by atomic mass is 10.1. The van der Waals surface area contributed by atoms with Crippen LogP contribution in [0, 0.1) is 6.92 Å². The van der Waals surface area contributed by atoms with Crippen molar-refractivity contribution in [1.82, 2.24) is 9.97 Å². The van der Waals surface area contributed by atoms with Gasteiger partial charge >= 0.3 is 0 Å². The van der Waals surface area contributed by atoms with Crippen LogP contribution in [-0.4, -0.2) is 15.1 Å². The number of hydrogen-bond donors (Lipinski definition) is 3. The topological polar surface area (TPSA) is 84.1 Å². The minimum Gasteiger partial charge on any atom is -0.507 e. The van der Waals surface area contributed by atoms with Crippen LogP contribution in [0.1, 0.15) is 5.56 Å². The Hall–Kier alpha value is -3.08. The summed E-state index contributed by atoms with van der Waals surface area (Å²) in [5, 5.41) is 13.4. The second kappa shape index (κ2) is 5.73. The van der Waals surface area contributed by atoms with Crippen molar-refractivity contribution >= 4 is 17.3 Å². The summed E-state index contributed by atoms with van der Waals surface area (Å²) in [5.41, 5.74) is 9.82. The van der Waals surface area contributed by atoms with Gasteiger partial charge in [0.25, 0.3) is 0 Å². The summed E-state index contributed by atoms with van der Waals surface area (Å²) >= 11 is 0.